The van der Waals surface area contributed by atoms with Crippen molar-refractivity contribution in [2.45, 2.75) is 58.4 Å². The minimum atomic E-state index is -1.51. The molecule has 1 fully saturated rings. The van der Waals surface area contributed by atoms with Crippen LogP contribution in [-0.2, 0) is 19.0 Å². The van der Waals surface area contributed by atoms with Crippen molar-refractivity contribution in [3.05, 3.63) is 35.9 Å². The van der Waals surface area contributed by atoms with Crippen LogP contribution < -0.4 is 0 Å². The Kier molecular flexibility index (Phi) is 5.82. The van der Waals surface area contributed by atoms with Gasteiger partial charge in [-0.1, -0.05) is 18.2 Å². The number of aliphatic hydroxyl groups excluding tert-OH is 2. The number of esters is 2. The molecule has 0 saturated carbocycles. The van der Waals surface area contributed by atoms with Gasteiger partial charge in [0.2, 0.25) is 0 Å². The van der Waals surface area contributed by atoms with Crippen LogP contribution in [0, 0.1) is 5.41 Å². The van der Waals surface area contributed by atoms with Gasteiger partial charge in [0.15, 0.2) is 18.5 Å². The van der Waals surface area contributed by atoms with Crippen LogP contribution >= 0.6 is 0 Å². The Balaban J connectivity index is 2.12. The second kappa shape index (κ2) is 7.51. The lowest BCUT2D eigenvalue weighted by molar-refractivity contribution is -0.283. The molecule has 0 radical (unpaired) electrons. The van der Waals surface area contributed by atoms with E-state index in [-0.39, 0.29) is 0 Å². The highest BCUT2D eigenvalue weighted by Crippen LogP contribution is 2.27. The molecule has 25 heavy (non-hydrogen) atoms. The minimum absolute atomic E-state index is 0.316. The fourth-order valence-electron chi connectivity index (χ4n) is 2.37. The van der Waals surface area contributed by atoms with Crippen molar-refractivity contribution >= 4 is 11.9 Å². The Morgan fingerprint density at radius 3 is 2.20 bits per heavy atom. The number of hydrogen-bond acceptors (Lipinski definition) is 7. The van der Waals surface area contributed by atoms with Crippen LogP contribution in [0.3, 0.4) is 0 Å². The van der Waals surface area contributed by atoms with Gasteiger partial charge in [-0.15, -0.1) is 0 Å². The Morgan fingerprint density at radius 1 is 1.04 bits per heavy atom. The number of rotatable bonds is 3. The molecule has 0 bridgehead atoms. The minimum Gasteiger partial charge on any atom is -0.454 e. The van der Waals surface area contributed by atoms with Crippen LogP contribution in [0.2, 0.25) is 0 Å². The molecule has 2 N–H and O–H groups in total. The predicted molar refractivity (Wildman–Crippen MR) is 87.5 cm³/mol. The van der Waals surface area contributed by atoms with Crippen molar-refractivity contribution in [3.63, 3.8) is 0 Å². The summed E-state index contributed by atoms with van der Waals surface area (Å²) in [7, 11) is 0. The fourth-order valence-corrected chi connectivity index (χ4v) is 2.37. The number of carbonyl (C=O) groups is 2. The van der Waals surface area contributed by atoms with Crippen LogP contribution in [0.25, 0.3) is 0 Å². The van der Waals surface area contributed by atoms with Crippen molar-refractivity contribution in [1.82, 2.24) is 0 Å². The maximum absolute atomic E-state index is 12.2. The molecule has 5 atom stereocenters. The zero-order valence-corrected chi connectivity index (χ0v) is 14.7. The van der Waals surface area contributed by atoms with E-state index in [1.165, 1.54) is 0 Å². The molecule has 1 aromatic rings. The molecule has 0 unspecified atom stereocenters. The van der Waals surface area contributed by atoms with Crippen molar-refractivity contribution < 1.29 is 34.0 Å². The zero-order chi connectivity index (χ0) is 18.8. The van der Waals surface area contributed by atoms with Crippen molar-refractivity contribution in [1.29, 1.82) is 0 Å². The van der Waals surface area contributed by atoms with Crippen LogP contribution in [0.1, 0.15) is 38.1 Å². The molecule has 1 aliphatic heterocycles. The third-order valence-electron chi connectivity index (χ3n) is 3.88. The van der Waals surface area contributed by atoms with Crippen LogP contribution in [0.5, 0.6) is 0 Å². The highest BCUT2D eigenvalue weighted by atomic mass is 16.7. The van der Waals surface area contributed by atoms with E-state index in [4.69, 9.17) is 14.2 Å². The maximum Gasteiger partial charge on any atom is 0.338 e. The average molecular weight is 352 g/mol. The van der Waals surface area contributed by atoms with Crippen molar-refractivity contribution in [2.75, 3.05) is 0 Å². The summed E-state index contributed by atoms with van der Waals surface area (Å²) >= 11 is 0. The third kappa shape index (κ3) is 4.56. The summed E-state index contributed by atoms with van der Waals surface area (Å²) in [5, 5.41) is 20.5. The Hall–Kier alpha value is -1.96. The quantitative estimate of drug-likeness (QED) is 0.790. The summed E-state index contributed by atoms with van der Waals surface area (Å²) in [6.07, 6.45) is -6.15. The summed E-state index contributed by atoms with van der Waals surface area (Å²) in [4.78, 5) is 24.3. The Morgan fingerprint density at radius 2 is 1.64 bits per heavy atom. The highest BCUT2D eigenvalue weighted by Gasteiger charge is 2.48. The second-order valence-corrected chi connectivity index (χ2v) is 7.08. The van der Waals surface area contributed by atoms with Gasteiger partial charge in [-0.05, 0) is 39.8 Å². The zero-order valence-electron chi connectivity index (χ0n) is 14.7. The molecule has 7 heteroatoms. The first-order valence-electron chi connectivity index (χ1n) is 8.10. The normalized spacial score (nSPS) is 29.8. The summed E-state index contributed by atoms with van der Waals surface area (Å²) in [6.45, 7) is 6.49. The van der Waals surface area contributed by atoms with E-state index in [0.717, 1.165) is 0 Å². The molecule has 1 aromatic carbocycles. The molecule has 1 aliphatic rings. The van der Waals surface area contributed by atoms with E-state index in [9.17, 15) is 19.8 Å². The predicted octanol–water partition coefficient (Wildman–Crippen LogP) is 1.27. The average Bonchev–Trinajstić information content (AvgIpc) is 2.54. The van der Waals surface area contributed by atoms with Gasteiger partial charge in [-0.3, -0.25) is 4.79 Å². The topological polar surface area (TPSA) is 102 Å². The second-order valence-electron chi connectivity index (χ2n) is 7.08. The summed E-state index contributed by atoms with van der Waals surface area (Å²) < 4.78 is 15.8. The van der Waals surface area contributed by atoms with Gasteiger partial charge in [0.1, 0.15) is 6.10 Å². The molecule has 0 amide bonds. The van der Waals surface area contributed by atoms with Gasteiger partial charge < -0.3 is 24.4 Å². The highest BCUT2D eigenvalue weighted by molar-refractivity contribution is 5.89. The van der Waals surface area contributed by atoms with Gasteiger partial charge in [-0.25, -0.2) is 4.79 Å². The smallest absolute Gasteiger partial charge is 0.338 e. The third-order valence-corrected chi connectivity index (χ3v) is 3.88. The van der Waals surface area contributed by atoms with E-state index in [1.54, 1.807) is 58.0 Å². The SMILES string of the molecule is C[C@@H]1O[C@@H](O)[C@@H](OC(=O)C(C)(C)C)[C@H](O)[C@@H]1OC(=O)c1ccccc1. The Labute approximate surface area is 146 Å². The van der Waals surface area contributed by atoms with Crippen LogP contribution in [0.15, 0.2) is 30.3 Å². The maximum atomic E-state index is 12.2. The molecule has 138 valence electrons. The fraction of sp³-hybridized carbons (Fsp3) is 0.556. The van der Waals surface area contributed by atoms with Gasteiger partial charge in [-0.2, -0.15) is 0 Å². The largest absolute Gasteiger partial charge is 0.454 e. The van der Waals surface area contributed by atoms with E-state index >= 15 is 0 Å². The molecule has 7 nitrogen and oxygen atoms in total. The van der Waals surface area contributed by atoms with Gasteiger partial charge in [0.25, 0.3) is 0 Å². The van der Waals surface area contributed by atoms with Crippen LogP contribution in [0.4, 0.5) is 0 Å². The van der Waals surface area contributed by atoms with Crippen LogP contribution in [-0.4, -0.2) is 52.9 Å². The monoisotopic (exact) mass is 352 g/mol. The number of benzene rings is 1. The first-order chi connectivity index (χ1) is 11.6. The molecule has 0 spiro atoms. The number of aliphatic hydroxyl groups is 2. The van der Waals surface area contributed by atoms with E-state index < -0.39 is 48.1 Å². The molecular weight excluding hydrogens is 328 g/mol. The van der Waals surface area contributed by atoms with E-state index in [2.05, 4.69) is 0 Å². The molecular formula is C18H24O7. The molecule has 1 heterocycles. The molecule has 0 aromatic heterocycles. The number of ether oxygens (including phenoxy) is 3. The van der Waals surface area contributed by atoms with Gasteiger partial charge in [0, 0.05) is 0 Å². The van der Waals surface area contributed by atoms with Crippen molar-refractivity contribution in [2.24, 2.45) is 5.41 Å². The molecule has 2 rings (SSSR count). The van der Waals surface area contributed by atoms with E-state index in [0.29, 0.717) is 5.56 Å². The lowest BCUT2D eigenvalue weighted by Crippen LogP contribution is -2.59. The summed E-state index contributed by atoms with van der Waals surface area (Å²) in [5.41, 5.74) is -0.505. The summed E-state index contributed by atoms with van der Waals surface area (Å²) in [5.74, 6) is -1.25. The van der Waals surface area contributed by atoms with Crippen molar-refractivity contribution in [3.8, 4) is 0 Å². The first-order valence-corrected chi connectivity index (χ1v) is 8.10. The number of hydrogen-bond donors (Lipinski definition) is 2. The van der Waals surface area contributed by atoms with Gasteiger partial charge >= 0.3 is 11.9 Å². The first kappa shape index (κ1) is 19.4. The molecule has 1 saturated heterocycles. The number of carbonyl (C=O) groups excluding carboxylic acids is 2. The van der Waals surface area contributed by atoms with E-state index in [1.807, 2.05) is 0 Å². The molecule has 0 aliphatic carbocycles. The Bertz CT molecular complexity index is 608. The summed E-state index contributed by atoms with van der Waals surface area (Å²) in [6, 6.07) is 8.29. The standard InChI is InChI=1S/C18H24O7/c1-10-13(24-15(20)11-8-6-5-7-9-11)12(19)14(16(21)23-10)25-17(22)18(2,3)4/h5-10,12-14,16,19,21H,1-4H3/t10-,12+,13+,14-,16+/m0/s1. The lowest BCUT2D eigenvalue weighted by atomic mass is 9.96. The van der Waals surface area contributed by atoms with Gasteiger partial charge in [0.05, 0.1) is 17.1 Å². The lowest BCUT2D eigenvalue weighted by Gasteiger charge is -2.41.